The van der Waals surface area contributed by atoms with Crippen molar-refractivity contribution in [1.82, 2.24) is 9.80 Å². The molecule has 0 bridgehead atoms. The van der Waals surface area contributed by atoms with Gasteiger partial charge in [-0.05, 0) is 42.8 Å². The molecule has 2 aromatic carbocycles. The zero-order valence-electron chi connectivity index (χ0n) is 18.4. The second-order valence-corrected chi connectivity index (χ2v) is 8.16. The Morgan fingerprint density at radius 2 is 1.66 bits per heavy atom. The van der Waals surface area contributed by atoms with Crippen molar-refractivity contribution in [2.45, 2.75) is 20.3 Å². The molecule has 7 nitrogen and oxygen atoms in total. The molecule has 2 aromatic rings. The van der Waals surface area contributed by atoms with Crippen LogP contribution in [0.3, 0.4) is 0 Å². The van der Waals surface area contributed by atoms with Crippen molar-refractivity contribution in [3.05, 3.63) is 59.9 Å². The molecule has 1 saturated heterocycles. The van der Waals surface area contributed by atoms with Crippen LogP contribution in [-0.4, -0.2) is 60.2 Å². The Balaban J connectivity index is 1.59. The van der Waals surface area contributed by atoms with Crippen molar-refractivity contribution in [1.29, 1.82) is 0 Å². The van der Waals surface area contributed by atoms with E-state index in [1.54, 1.807) is 24.3 Å². The summed E-state index contributed by atoms with van der Waals surface area (Å²) in [6.07, 6.45) is 0.808. The molecule has 8 heteroatoms. The van der Waals surface area contributed by atoms with E-state index < -0.39 is 5.91 Å². The first kappa shape index (κ1) is 23.4. The first-order valence-electron chi connectivity index (χ1n) is 10.8. The molecule has 0 aromatic heterocycles. The summed E-state index contributed by atoms with van der Waals surface area (Å²) in [5.41, 5.74) is 1.18. The lowest BCUT2D eigenvalue weighted by Gasteiger charge is -2.23. The first-order valence-corrected chi connectivity index (χ1v) is 10.8. The van der Waals surface area contributed by atoms with E-state index in [0.29, 0.717) is 36.6 Å². The lowest BCUT2D eigenvalue weighted by atomic mass is 10.1. The van der Waals surface area contributed by atoms with Crippen LogP contribution in [0.1, 0.15) is 30.6 Å². The molecule has 0 radical (unpaired) electrons. The summed E-state index contributed by atoms with van der Waals surface area (Å²) in [6.45, 7) is 6.60. The molecule has 0 saturated carbocycles. The molecule has 1 aliphatic heterocycles. The molecule has 0 atom stereocenters. The number of benzene rings is 2. The maximum atomic E-state index is 13.1. The minimum atomic E-state index is -0.398. The van der Waals surface area contributed by atoms with E-state index >= 15 is 0 Å². The van der Waals surface area contributed by atoms with E-state index in [-0.39, 0.29) is 30.1 Å². The minimum absolute atomic E-state index is 0.0394. The number of nitrogens with one attached hydrogen (secondary N) is 2. The van der Waals surface area contributed by atoms with Crippen molar-refractivity contribution in [2.75, 3.05) is 43.4 Å². The highest BCUT2D eigenvalue weighted by atomic mass is 19.1. The van der Waals surface area contributed by atoms with Gasteiger partial charge < -0.3 is 15.5 Å². The molecule has 3 amide bonds. The van der Waals surface area contributed by atoms with E-state index in [0.717, 1.165) is 13.0 Å². The average molecular weight is 441 g/mol. The quantitative estimate of drug-likeness (QED) is 0.723. The van der Waals surface area contributed by atoms with Gasteiger partial charge in [-0.1, -0.05) is 26.0 Å². The second-order valence-electron chi connectivity index (χ2n) is 8.16. The number of anilines is 2. The Hall–Kier alpha value is -3.26. The first-order chi connectivity index (χ1) is 15.3. The largest absolute Gasteiger partial charge is 0.341 e. The Kier molecular flexibility index (Phi) is 7.94. The van der Waals surface area contributed by atoms with Gasteiger partial charge in [0.15, 0.2) is 0 Å². The summed E-state index contributed by atoms with van der Waals surface area (Å²) in [7, 11) is 0. The average Bonchev–Trinajstić information content (AvgIpc) is 3.00. The number of carbonyl (C=O) groups is 3. The molecule has 0 spiro atoms. The van der Waals surface area contributed by atoms with Crippen LogP contribution < -0.4 is 10.6 Å². The van der Waals surface area contributed by atoms with Crippen LogP contribution in [0, 0.1) is 11.7 Å². The number of hydrogen-bond acceptors (Lipinski definition) is 4. The van der Waals surface area contributed by atoms with Crippen molar-refractivity contribution >= 4 is 29.1 Å². The summed E-state index contributed by atoms with van der Waals surface area (Å²) >= 11 is 0. The van der Waals surface area contributed by atoms with E-state index in [4.69, 9.17) is 0 Å². The van der Waals surface area contributed by atoms with Crippen LogP contribution in [0.2, 0.25) is 0 Å². The fraction of sp³-hybridized carbons (Fsp3) is 0.375. The molecule has 1 fully saturated rings. The van der Waals surface area contributed by atoms with Crippen molar-refractivity contribution in [3.8, 4) is 0 Å². The highest BCUT2D eigenvalue weighted by Crippen LogP contribution is 2.18. The molecular formula is C24H29FN4O3. The van der Waals surface area contributed by atoms with Gasteiger partial charge in [-0.2, -0.15) is 0 Å². The van der Waals surface area contributed by atoms with Gasteiger partial charge in [0.05, 0.1) is 17.8 Å². The number of para-hydroxylation sites is 1. The van der Waals surface area contributed by atoms with E-state index in [1.807, 2.05) is 23.6 Å². The zero-order chi connectivity index (χ0) is 23.1. The SMILES string of the molecule is CC(C)C(=O)N1CCCN(CC(=O)Nc2ccccc2C(=O)Nc2ccc(F)cc2)CC1. The fourth-order valence-corrected chi connectivity index (χ4v) is 3.63. The number of halogens is 1. The van der Waals surface area contributed by atoms with E-state index in [9.17, 15) is 18.8 Å². The maximum Gasteiger partial charge on any atom is 0.257 e. The predicted octanol–water partition coefficient (Wildman–Crippen LogP) is 3.21. The topological polar surface area (TPSA) is 81.8 Å². The zero-order valence-corrected chi connectivity index (χ0v) is 18.4. The molecule has 3 rings (SSSR count). The van der Waals surface area contributed by atoms with Crippen LogP contribution in [0.15, 0.2) is 48.5 Å². The second kappa shape index (κ2) is 10.9. The maximum absolute atomic E-state index is 13.1. The van der Waals surface area contributed by atoms with Gasteiger partial charge in [0.2, 0.25) is 11.8 Å². The number of carbonyl (C=O) groups excluding carboxylic acids is 3. The number of hydrogen-bond donors (Lipinski definition) is 2. The normalized spacial score (nSPS) is 14.7. The third kappa shape index (κ3) is 6.37. The molecule has 170 valence electrons. The lowest BCUT2D eigenvalue weighted by molar-refractivity contribution is -0.134. The van der Waals surface area contributed by atoms with E-state index in [1.165, 1.54) is 24.3 Å². The Labute approximate surface area is 187 Å². The summed E-state index contributed by atoms with van der Waals surface area (Å²) in [5.74, 6) is -0.915. The molecule has 0 aliphatic carbocycles. The summed E-state index contributed by atoms with van der Waals surface area (Å²) in [5, 5.41) is 5.53. The van der Waals surface area contributed by atoms with Gasteiger partial charge in [-0.3, -0.25) is 19.3 Å². The van der Waals surface area contributed by atoms with Crippen LogP contribution in [0.25, 0.3) is 0 Å². The van der Waals surface area contributed by atoms with Crippen LogP contribution >= 0.6 is 0 Å². The van der Waals surface area contributed by atoms with Gasteiger partial charge in [0.1, 0.15) is 5.82 Å². The van der Waals surface area contributed by atoms with Crippen LogP contribution in [0.5, 0.6) is 0 Å². The van der Waals surface area contributed by atoms with Gasteiger partial charge in [-0.15, -0.1) is 0 Å². The molecule has 32 heavy (non-hydrogen) atoms. The predicted molar refractivity (Wildman–Crippen MR) is 122 cm³/mol. The highest BCUT2D eigenvalue weighted by molar-refractivity contribution is 6.10. The smallest absolute Gasteiger partial charge is 0.257 e. The van der Waals surface area contributed by atoms with Crippen molar-refractivity contribution in [3.63, 3.8) is 0 Å². The molecule has 1 aliphatic rings. The molecule has 0 unspecified atom stereocenters. The third-order valence-corrected chi connectivity index (χ3v) is 5.31. The number of rotatable bonds is 6. The van der Waals surface area contributed by atoms with Gasteiger partial charge in [-0.25, -0.2) is 4.39 Å². The molecular weight excluding hydrogens is 411 g/mol. The number of nitrogens with zero attached hydrogens (tertiary/aromatic N) is 2. The van der Waals surface area contributed by atoms with Crippen molar-refractivity contribution < 1.29 is 18.8 Å². The Morgan fingerprint density at radius 3 is 2.38 bits per heavy atom. The molecule has 1 heterocycles. The summed E-state index contributed by atoms with van der Waals surface area (Å²) < 4.78 is 13.1. The van der Waals surface area contributed by atoms with Gasteiger partial charge in [0.25, 0.3) is 5.91 Å². The fourth-order valence-electron chi connectivity index (χ4n) is 3.63. The minimum Gasteiger partial charge on any atom is -0.341 e. The lowest BCUT2D eigenvalue weighted by Crippen LogP contribution is -2.39. The van der Waals surface area contributed by atoms with Gasteiger partial charge >= 0.3 is 0 Å². The monoisotopic (exact) mass is 440 g/mol. The van der Waals surface area contributed by atoms with Gasteiger partial charge in [0, 0.05) is 37.8 Å². The Morgan fingerprint density at radius 1 is 0.938 bits per heavy atom. The van der Waals surface area contributed by atoms with Crippen LogP contribution in [0.4, 0.5) is 15.8 Å². The van der Waals surface area contributed by atoms with Crippen LogP contribution in [-0.2, 0) is 9.59 Å². The molecule has 2 N–H and O–H groups in total. The van der Waals surface area contributed by atoms with E-state index in [2.05, 4.69) is 10.6 Å². The third-order valence-electron chi connectivity index (χ3n) is 5.31. The summed E-state index contributed by atoms with van der Waals surface area (Å²) in [4.78, 5) is 41.5. The highest BCUT2D eigenvalue weighted by Gasteiger charge is 2.22. The van der Waals surface area contributed by atoms with Crippen molar-refractivity contribution in [2.24, 2.45) is 5.92 Å². The number of amides is 3. The Bertz CT molecular complexity index is 962. The standard InChI is InChI=1S/C24H29FN4O3/c1-17(2)24(32)29-13-5-12-28(14-15-29)16-22(30)27-21-7-4-3-6-20(21)23(31)26-19-10-8-18(25)9-11-19/h3-4,6-11,17H,5,12-16H2,1-2H3,(H,26,31)(H,27,30). The summed E-state index contributed by atoms with van der Waals surface area (Å²) in [6, 6.07) is 12.2.